The average Bonchev–Trinajstić information content (AvgIpc) is 3.32. The van der Waals surface area contributed by atoms with E-state index < -0.39 is 6.04 Å². The molecular formula is C17H24N2O. The molecule has 3 rings (SSSR count). The van der Waals surface area contributed by atoms with Gasteiger partial charge < -0.3 is 10.6 Å². The highest BCUT2D eigenvalue weighted by Gasteiger charge is 2.33. The van der Waals surface area contributed by atoms with E-state index in [-0.39, 0.29) is 5.91 Å². The van der Waals surface area contributed by atoms with Crippen LogP contribution in [0.5, 0.6) is 0 Å². The lowest BCUT2D eigenvalue weighted by atomic mass is 10.0. The molecule has 2 fully saturated rings. The molecule has 1 amide bonds. The predicted molar refractivity (Wildman–Crippen MR) is 80.1 cm³/mol. The molecule has 1 unspecified atom stereocenters. The van der Waals surface area contributed by atoms with Crippen molar-refractivity contribution in [1.82, 2.24) is 4.90 Å². The van der Waals surface area contributed by atoms with Gasteiger partial charge in [-0.3, -0.25) is 4.79 Å². The zero-order valence-electron chi connectivity index (χ0n) is 12.2. The van der Waals surface area contributed by atoms with Gasteiger partial charge in [0.2, 0.25) is 5.91 Å². The van der Waals surface area contributed by atoms with Crippen LogP contribution in [-0.2, 0) is 4.79 Å². The Labute approximate surface area is 121 Å². The first-order valence-corrected chi connectivity index (χ1v) is 7.74. The summed E-state index contributed by atoms with van der Waals surface area (Å²) < 4.78 is 0. The second-order valence-corrected chi connectivity index (χ2v) is 6.52. The molecule has 0 spiro atoms. The quantitative estimate of drug-likeness (QED) is 0.865. The van der Waals surface area contributed by atoms with Gasteiger partial charge in [-0.1, -0.05) is 29.8 Å². The first kappa shape index (κ1) is 13.6. The Morgan fingerprint density at radius 1 is 1.15 bits per heavy atom. The van der Waals surface area contributed by atoms with Gasteiger partial charge in [-0.05, 0) is 50.0 Å². The first-order chi connectivity index (χ1) is 9.63. The second kappa shape index (κ2) is 5.57. The van der Waals surface area contributed by atoms with E-state index in [4.69, 9.17) is 5.73 Å². The maximum Gasteiger partial charge on any atom is 0.244 e. The predicted octanol–water partition coefficient (Wildman–Crippen LogP) is 2.64. The standard InChI is InChI=1S/C17H24N2O/c1-12-2-8-15(9-3-12)16(18)17(20)19(10-13-4-5-13)11-14-6-7-14/h2-3,8-9,13-14,16H,4-7,10-11,18H2,1H3. The fourth-order valence-corrected chi connectivity index (χ4v) is 2.59. The smallest absolute Gasteiger partial charge is 0.244 e. The maximum absolute atomic E-state index is 12.7. The van der Waals surface area contributed by atoms with Gasteiger partial charge in [-0.2, -0.15) is 0 Å². The van der Waals surface area contributed by atoms with Crippen LogP contribution in [-0.4, -0.2) is 23.9 Å². The van der Waals surface area contributed by atoms with Crippen molar-refractivity contribution < 1.29 is 4.79 Å². The molecule has 0 heterocycles. The Kier molecular flexibility index (Phi) is 3.79. The van der Waals surface area contributed by atoms with Crippen molar-refractivity contribution in [3.05, 3.63) is 35.4 Å². The highest BCUT2D eigenvalue weighted by Crippen LogP contribution is 2.34. The largest absolute Gasteiger partial charge is 0.340 e. The molecule has 1 aromatic carbocycles. The third-order valence-electron chi connectivity index (χ3n) is 4.37. The zero-order valence-corrected chi connectivity index (χ0v) is 12.2. The number of amides is 1. The van der Waals surface area contributed by atoms with Crippen LogP contribution in [0.2, 0.25) is 0 Å². The summed E-state index contributed by atoms with van der Waals surface area (Å²) in [6.07, 6.45) is 5.09. The molecule has 1 aromatic rings. The molecule has 20 heavy (non-hydrogen) atoms. The van der Waals surface area contributed by atoms with Gasteiger partial charge in [0, 0.05) is 13.1 Å². The minimum atomic E-state index is -0.506. The molecule has 2 saturated carbocycles. The lowest BCUT2D eigenvalue weighted by molar-refractivity contribution is -0.133. The van der Waals surface area contributed by atoms with E-state index >= 15 is 0 Å². The van der Waals surface area contributed by atoms with Crippen molar-refractivity contribution in [3.8, 4) is 0 Å². The van der Waals surface area contributed by atoms with Crippen LogP contribution in [0.4, 0.5) is 0 Å². The lowest BCUT2D eigenvalue weighted by Crippen LogP contribution is -2.41. The Morgan fingerprint density at radius 3 is 2.10 bits per heavy atom. The topological polar surface area (TPSA) is 46.3 Å². The summed E-state index contributed by atoms with van der Waals surface area (Å²) in [5, 5.41) is 0. The molecule has 3 nitrogen and oxygen atoms in total. The summed E-state index contributed by atoms with van der Waals surface area (Å²) >= 11 is 0. The van der Waals surface area contributed by atoms with E-state index in [1.54, 1.807) is 0 Å². The van der Waals surface area contributed by atoms with Crippen molar-refractivity contribution in [2.75, 3.05) is 13.1 Å². The number of rotatable bonds is 6. The van der Waals surface area contributed by atoms with E-state index in [0.717, 1.165) is 30.5 Å². The Hall–Kier alpha value is -1.35. The van der Waals surface area contributed by atoms with Gasteiger partial charge in [0.15, 0.2) is 0 Å². The van der Waals surface area contributed by atoms with Gasteiger partial charge in [0.05, 0.1) is 0 Å². The number of hydrogen-bond donors (Lipinski definition) is 1. The van der Waals surface area contributed by atoms with Crippen molar-refractivity contribution >= 4 is 5.91 Å². The number of carbonyl (C=O) groups excluding carboxylic acids is 1. The molecule has 2 aliphatic carbocycles. The van der Waals surface area contributed by atoms with Crippen LogP contribution < -0.4 is 5.73 Å². The van der Waals surface area contributed by atoms with Crippen molar-refractivity contribution in [1.29, 1.82) is 0 Å². The number of nitrogens with zero attached hydrogens (tertiary/aromatic N) is 1. The van der Waals surface area contributed by atoms with Crippen LogP contribution in [0.3, 0.4) is 0 Å². The molecular weight excluding hydrogens is 248 g/mol. The number of benzene rings is 1. The van der Waals surface area contributed by atoms with Crippen LogP contribution in [0.15, 0.2) is 24.3 Å². The molecule has 0 bridgehead atoms. The SMILES string of the molecule is Cc1ccc(C(N)C(=O)N(CC2CC2)CC2CC2)cc1. The minimum absolute atomic E-state index is 0.104. The molecule has 0 aliphatic heterocycles. The Morgan fingerprint density at radius 2 is 1.65 bits per heavy atom. The third-order valence-corrected chi connectivity index (χ3v) is 4.37. The lowest BCUT2D eigenvalue weighted by Gasteiger charge is -2.26. The Bertz CT molecular complexity index is 460. The highest BCUT2D eigenvalue weighted by atomic mass is 16.2. The summed E-state index contributed by atoms with van der Waals surface area (Å²) in [4.78, 5) is 14.7. The summed E-state index contributed by atoms with van der Waals surface area (Å²) in [7, 11) is 0. The van der Waals surface area contributed by atoms with Crippen molar-refractivity contribution in [3.63, 3.8) is 0 Å². The van der Waals surface area contributed by atoms with Gasteiger partial charge in [-0.25, -0.2) is 0 Å². The highest BCUT2D eigenvalue weighted by molar-refractivity contribution is 5.83. The van der Waals surface area contributed by atoms with Crippen molar-refractivity contribution in [2.24, 2.45) is 17.6 Å². The van der Waals surface area contributed by atoms with E-state index in [2.05, 4.69) is 0 Å². The monoisotopic (exact) mass is 272 g/mol. The van der Waals surface area contributed by atoms with Gasteiger partial charge >= 0.3 is 0 Å². The molecule has 2 aliphatic rings. The first-order valence-electron chi connectivity index (χ1n) is 7.74. The molecule has 3 heteroatoms. The van der Waals surface area contributed by atoms with E-state index in [1.807, 2.05) is 36.1 Å². The fourth-order valence-electron chi connectivity index (χ4n) is 2.59. The summed E-state index contributed by atoms with van der Waals surface area (Å²) in [6.45, 7) is 3.87. The normalized spacial score (nSPS) is 19.7. The van der Waals surface area contributed by atoms with Gasteiger partial charge in [0.1, 0.15) is 6.04 Å². The molecule has 0 saturated heterocycles. The summed E-state index contributed by atoms with van der Waals surface area (Å²) in [5.41, 5.74) is 8.31. The van der Waals surface area contributed by atoms with E-state index in [0.29, 0.717) is 0 Å². The number of carbonyl (C=O) groups is 1. The molecule has 0 aromatic heterocycles. The van der Waals surface area contributed by atoms with Gasteiger partial charge in [0.25, 0.3) is 0 Å². The van der Waals surface area contributed by atoms with Crippen LogP contribution in [0, 0.1) is 18.8 Å². The van der Waals surface area contributed by atoms with Crippen LogP contribution in [0.25, 0.3) is 0 Å². The Balaban J connectivity index is 1.67. The molecule has 108 valence electrons. The molecule has 2 N–H and O–H groups in total. The molecule has 1 atom stereocenters. The number of aryl methyl sites for hydroxylation is 1. The third kappa shape index (κ3) is 3.40. The average molecular weight is 272 g/mol. The van der Waals surface area contributed by atoms with Crippen LogP contribution >= 0.6 is 0 Å². The van der Waals surface area contributed by atoms with Crippen molar-refractivity contribution in [2.45, 2.75) is 38.6 Å². The van der Waals surface area contributed by atoms with E-state index in [1.165, 1.54) is 31.2 Å². The zero-order chi connectivity index (χ0) is 14.1. The fraction of sp³-hybridized carbons (Fsp3) is 0.588. The number of nitrogens with two attached hydrogens (primary N) is 1. The maximum atomic E-state index is 12.7. The molecule has 0 radical (unpaired) electrons. The summed E-state index contributed by atoms with van der Waals surface area (Å²) in [5.74, 6) is 1.55. The second-order valence-electron chi connectivity index (χ2n) is 6.52. The van der Waals surface area contributed by atoms with Crippen LogP contribution in [0.1, 0.15) is 42.9 Å². The summed E-state index contributed by atoms with van der Waals surface area (Å²) in [6, 6.07) is 7.49. The van der Waals surface area contributed by atoms with Gasteiger partial charge in [-0.15, -0.1) is 0 Å². The number of hydrogen-bond acceptors (Lipinski definition) is 2. The minimum Gasteiger partial charge on any atom is -0.340 e. The van der Waals surface area contributed by atoms with E-state index in [9.17, 15) is 4.79 Å².